The number of hydrogen-bond acceptors (Lipinski definition) is 5. The third kappa shape index (κ3) is 4.67. The van der Waals surface area contributed by atoms with Gasteiger partial charge in [-0.3, -0.25) is 10.1 Å². The summed E-state index contributed by atoms with van der Waals surface area (Å²) < 4.78 is 10.9. The summed E-state index contributed by atoms with van der Waals surface area (Å²) in [7, 11) is 0. The first-order valence-corrected chi connectivity index (χ1v) is 8.00. The van der Waals surface area contributed by atoms with Gasteiger partial charge in [-0.15, -0.1) is 0 Å². The summed E-state index contributed by atoms with van der Waals surface area (Å²) in [5, 5.41) is 13.6. The quantitative estimate of drug-likeness (QED) is 0.673. The van der Waals surface area contributed by atoms with Crippen LogP contribution in [0.15, 0.2) is 24.3 Å². The molecule has 1 aliphatic rings. The van der Waals surface area contributed by atoms with Crippen molar-refractivity contribution in [1.82, 2.24) is 5.32 Å². The minimum Gasteiger partial charge on any atom is -0.449 e. The van der Waals surface area contributed by atoms with Gasteiger partial charge in [-0.25, -0.2) is 4.79 Å². The zero-order valence-electron chi connectivity index (χ0n) is 14.3. The van der Waals surface area contributed by atoms with Crippen molar-refractivity contribution in [3.63, 3.8) is 0 Å². The molecule has 0 spiro atoms. The van der Waals surface area contributed by atoms with E-state index >= 15 is 0 Å². The number of non-ortho nitro benzene ring substituents is 1. The Morgan fingerprint density at radius 1 is 1.29 bits per heavy atom. The van der Waals surface area contributed by atoms with Gasteiger partial charge in [0.25, 0.3) is 5.69 Å². The molecule has 1 N–H and O–H groups in total. The van der Waals surface area contributed by atoms with Gasteiger partial charge in [-0.2, -0.15) is 0 Å². The number of ether oxygens (including phenoxy) is 2. The van der Waals surface area contributed by atoms with Crippen LogP contribution in [0.1, 0.15) is 39.2 Å². The number of alkyl carbamates (subject to hydrolysis) is 1. The number of amides is 1. The molecule has 1 amide bonds. The zero-order valence-corrected chi connectivity index (χ0v) is 14.3. The van der Waals surface area contributed by atoms with E-state index in [1.54, 1.807) is 12.1 Å². The van der Waals surface area contributed by atoms with E-state index in [0.29, 0.717) is 26.1 Å². The third-order valence-corrected chi connectivity index (χ3v) is 4.10. The fourth-order valence-electron chi connectivity index (χ4n) is 2.76. The lowest BCUT2D eigenvalue weighted by atomic mass is 9.75. The van der Waals surface area contributed by atoms with Crippen molar-refractivity contribution in [2.75, 3.05) is 19.8 Å². The number of nitro groups is 1. The SMILES string of the molecule is CC(C)(C)NC(=O)OCC1(c2ccc([N+](=O)[O-])cc2)CCOCC1. The Morgan fingerprint density at radius 3 is 2.38 bits per heavy atom. The molecule has 132 valence electrons. The molecule has 1 fully saturated rings. The largest absolute Gasteiger partial charge is 0.449 e. The molecule has 0 saturated carbocycles. The summed E-state index contributed by atoms with van der Waals surface area (Å²) in [5.41, 5.74) is 0.239. The van der Waals surface area contributed by atoms with Crippen molar-refractivity contribution in [3.05, 3.63) is 39.9 Å². The molecule has 1 aromatic carbocycles. The molecule has 1 saturated heterocycles. The highest BCUT2D eigenvalue weighted by atomic mass is 16.6. The standard InChI is InChI=1S/C17H24N2O5/c1-16(2,3)18-15(20)24-12-17(8-10-23-11-9-17)13-4-6-14(7-5-13)19(21)22/h4-7H,8-12H2,1-3H3,(H,18,20). The second-order valence-corrected chi connectivity index (χ2v) is 7.15. The van der Waals surface area contributed by atoms with Gasteiger partial charge in [-0.1, -0.05) is 12.1 Å². The van der Waals surface area contributed by atoms with Crippen LogP contribution < -0.4 is 5.32 Å². The van der Waals surface area contributed by atoms with Crippen LogP contribution in [0.4, 0.5) is 10.5 Å². The molecular weight excluding hydrogens is 312 g/mol. The van der Waals surface area contributed by atoms with Crippen LogP contribution in [0, 0.1) is 10.1 Å². The number of benzene rings is 1. The summed E-state index contributed by atoms with van der Waals surface area (Å²) in [6.07, 6.45) is 0.941. The second kappa shape index (κ2) is 7.17. The lowest BCUT2D eigenvalue weighted by Gasteiger charge is -2.37. The molecule has 0 radical (unpaired) electrons. The Hall–Kier alpha value is -2.15. The van der Waals surface area contributed by atoms with Gasteiger partial charge in [0.15, 0.2) is 0 Å². The van der Waals surface area contributed by atoms with Crippen molar-refractivity contribution in [2.45, 2.75) is 44.6 Å². The number of rotatable bonds is 4. The smallest absolute Gasteiger partial charge is 0.407 e. The first-order valence-electron chi connectivity index (χ1n) is 8.00. The Kier molecular flexibility index (Phi) is 5.43. The molecule has 0 bridgehead atoms. The number of nitro benzene ring substituents is 1. The predicted octanol–water partition coefficient (Wildman–Crippen LogP) is 3.17. The number of nitrogens with one attached hydrogen (secondary N) is 1. The number of carbonyl (C=O) groups is 1. The molecule has 1 heterocycles. The fraction of sp³-hybridized carbons (Fsp3) is 0.588. The molecule has 0 unspecified atom stereocenters. The number of nitrogens with zero attached hydrogens (tertiary/aromatic N) is 1. The summed E-state index contributed by atoms with van der Waals surface area (Å²) in [6.45, 7) is 7.01. The van der Waals surface area contributed by atoms with Crippen molar-refractivity contribution < 1.29 is 19.2 Å². The average Bonchev–Trinajstić information content (AvgIpc) is 2.52. The highest BCUT2D eigenvalue weighted by Gasteiger charge is 2.36. The van der Waals surface area contributed by atoms with Gasteiger partial charge >= 0.3 is 6.09 Å². The van der Waals surface area contributed by atoms with Gasteiger partial charge in [-0.05, 0) is 39.2 Å². The van der Waals surface area contributed by atoms with Crippen LogP contribution >= 0.6 is 0 Å². The fourth-order valence-corrected chi connectivity index (χ4v) is 2.76. The van der Waals surface area contributed by atoms with E-state index in [1.807, 2.05) is 20.8 Å². The lowest BCUT2D eigenvalue weighted by Crippen LogP contribution is -2.44. The molecular formula is C17H24N2O5. The molecule has 0 atom stereocenters. The van der Waals surface area contributed by atoms with Gasteiger partial charge in [0.05, 0.1) is 4.92 Å². The molecule has 1 aliphatic heterocycles. The third-order valence-electron chi connectivity index (χ3n) is 4.10. The maximum atomic E-state index is 12.0. The first-order chi connectivity index (χ1) is 11.2. The van der Waals surface area contributed by atoms with Crippen LogP contribution in [0.3, 0.4) is 0 Å². The molecule has 7 nitrogen and oxygen atoms in total. The summed E-state index contributed by atoms with van der Waals surface area (Å²) >= 11 is 0. The minimum absolute atomic E-state index is 0.0485. The molecule has 0 aliphatic carbocycles. The average molecular weight is 336 g/mol. The lowest BCUT2D eigenvalue weighted by molar-refractivity contribution is -0.384. The topological polar surface area (TPSA) is 90.7 Å². The highest BCUT2D eigenvalue weighted by molar-refractivity contribution is 5.68. The van der Waals surface area contributed by atoms with E-state index in [4.69, 9.17) is 9.47 Å². The van der Waals surface area contributed by atoms with Crippen LogP contribution in [-0.4, -0.2) is 36.4 Å². The summed E-state index contributed by atoms with van der Waals surface area (Å²) in [5.74, 6) is 0. The van der Waals surface area contributed by atoms with Crippen LogP contribution in [0.5, 0.6) is 0 Å². The van der Waals surface area contributed by atoms with E-state index in [-0.39, 0.29) is 23.2 Å². The number of carbonyl (C=O) groups excluding carboxylic acids is 1. The maximum Gasteiger partial charge on any atom is 0.407 e. The normalized spacial score (nSPS) is 17.1. The molecule has 0 aromatic heterocycles. The number of hydrogen-bond donors (Lipinski definition) is 1. The van der Waals surface area contributed by atoms with Crippen LogP contribution in [0.2, 0.25) is 0 Å². The van der Waals surface area contributed by atoms with Gasteiger partial charge in [0, 0.05) is 36.3 Å². The molecule has 2 rings (SSSR count). The summed E-state index contributed by atoms with van der Waals surface area (Å²) in [4.78, 5) is 22.4. The van der Waals surface area contributed by atoms with E-state index in [2.05, 4.69) is 5.32 Å². The Bertz CT molecular complexity index is 586. The minimum atomic E-state index is -0.463. The van der Waals surface area contributed by atoms with Crippen molar-refractivity contribution in [1.29, 1.82) is 0 Å². The zero-order chi connectivity index (χ0) is 17.8. The van der Waals surface area contributed by atoms with Gasteiger partial charge in [0.2, 0.25) is 0 Å². The van der Waals surface area contributed by atoms with E-state index < -0.39 is 11.0 Å². The predicted molar refractivity (Wildman–Crippen MR) is 89.1 cm³/mol. The van der Waals surface area contributed by atoms with Crippen LogP contribution in [0.25, 0.3) is 0 Å². The Labute approximate surface area is 141 Å². The van der Waals surface area contributed by atoms with Crippen molar-refractivity contribution in [2.24, 2.45) is 0 Å². The maximum absolute atomic E-state index is 12.0. The Morgan fingerprint density at radius 2 is 1.88 bits per heavy atom. The van der Waals surface area contributed by atoms with Crippen LogP contribution in [-0.2, 0) is 14.9 Å². The molecule has 7 heteroatoms. The van der Waals surface area contributed by atoms with E-state index in [1.165, 1.54) is 12.1 Å². The summed E-state index contributed by atoms with van der Waals surface area (Å²) in [6, 6.07) is 6.46. The first kappa shape index (κ1) is 18.2. The van der Waals surface area contributed by atoms with Crippen molar-refractivity contribution >= 4 is 11.8 Å². The highest BCUT2D eigenvalue weighted by Crippen LogP contribution is 2.36. The van der Waals surface area contributed by atoms with E-state index in [0.717, 1.165) is 5.56 Å². The van der Waals surface area contributed by atoms with E-state index in [9.17, 15) is 14.9 Å². The monoisotopic (exact) mass is 336 g/mol. The van der Waals surface area contributed by atoms with Crippen molar-refractivity contribution in [3.8, 4) is 0 Å². The Balaban J connectivity index is 2.14. The van der Waals surface area contributed by atoms with Gasteiger partial charge < -0.3 is 14.8 Å². The second-order valence-electron chi connectivity index (χ2n) is 7.15. The molecule has 24 heavy (non-hydrogen) atoms. The van der Waals surface area contributed by atoms with Gasteiger partial charge in [0.1, 0.15) is 6.61 Å². The molecule has 1 aromatic rings.